The quantitative estimate of drug-likeness (QED) is 0.742. The van der Waals surface area contributed by atoms with E-state index in [1.165, 1.54) is 0 Å². The average molecular weight is 180 g/mol. The lowest BCUT2D eigenvalue weighted by Crippen LogP contribution is -2.18. The van der Waals surface area contributed by atoms with Gasteiger partial charge < -0.3 is 5.11 Å². The van der Waals surface area contributed by atoms with Gasteiger partial charge in [-0.1, -0.05) is 12.1 Å². The topological polar surface area (TPSA) is 20.2 Å². The van der Waals surface area contributed by atoms with Gasteiger partial charge in [0.25, 0.3) is 0 Å². The molecule has 1 aromatic rings. The van der Waals surface area contributed by atoms with Gasteiger partial charge in [0.15, 0.2) is 0 Å². The zero-order chi connectivity index (χ0) is 9.47. The third kappa shape index (κ3) is 1.30. The molecular formula is C11H13FO. The zero-order valence-corrected chi connectivity index (χ0v) is 7.63. The van der Waals surface area contributed by atoms with Crippen LogP contribution in [0.15, 0.2) is 24.3 Å². The molecule has 0 bridgehead atoms. The molecule has 0 heterocycles. The molecule has 1 fully saturated rings. The van der Waals surface area contributed by atoms with Gasteiger partial charge in [-0.15, -0.1) is 0 Å². The molecule has 1 aliphatic rings. The van der Waals surface area contributed by atoms with Crippen LogP contribution in [0.1, 0.15) is 25.3 Å². The standard InChI is InChI=1S/C11H13FO/c1-8(12)11(6-7-11)9-2-4-10(13)5-3-9/h2-5,8,13H,6-7H2,1H3. The second-order valence-electron chi connectivity index (χ2n) is 3.82. The van der Waals surface area contributed by atoms with Crippen LogP contribution in [0.3, 0.4) is 0 Å². The molecule has 70 valence electrons. The first-order valence-corrected chi connectivity index (χ1v) is 4.59. The van der Waals surface area contributed by atoms with Crippen molar-refractivity contribution in [3.05, 3.63) is 29.8 Å². The predicted octanol–water partition coefficient (Wildman–Crippen LogP) is 2.78. The molecule has 1 aliphatic carbocycles. The summed E-state index contributed by atoms with van der Waals surface area (Å²) < 4.78 is 13.3. The van der Waals surface area contributed by atoms with Crippen molar-refractivity contribution in [3.63, 3.8) is 0 Å². The fourth-order valence-electron chi connectivity index (χ4n) is 1.84. The lowest BCUT2D eigenvalue weighted by atomic mass is 9.92. The van der Waals surface area contributed by atoms with Gasteiger partial charge in [0.2, 0.25) is 0 Å². The maximum Gasteiger partial charge on any atom is 0.115 e. The first-order chi connectivity index (χ1) is 6.15. The molecular weight excluding hydrogens is 167 g/mol. The number of aromatic hydroxyl groups is 1. The van der Waals surface area contributed by atoms with Crippen LogP contribution in [0.4, 0.5) is 4.39 Å². The van der Waals surface area contributed by atoms with Crippen molar-refractivity contribution in [2.24, 2.45) is 0 Å². The Balaban J connectivity index is 2.31. The molecule has 0 aliphatic heterocycles. The third-order valence-corrected chi connectivity index (χ3v) is 2.99. The lowest BCUT2D eigenvalue weighted by Gasteiger charge is -2.16. The Morgan fingerprint density at radius 1 is 1.31 bits per heavy atom. The number of hydrogen-bond acceptors (Lipinski definition) is 1. The molecule has 2 heteroatoms. The van der Waals surface area contributed by atoms with Crippen LogP contribution in [-0.4, -0.2) is 11.3 Å². The summed E-state index contributed by atoms with van der Waals surface area (Å²) in [6.45, 7) is 1.61. The monoisotopic (exact) mass is 180 g/mol. The van der Waals surface area contributed by atoms with Crippen molar-refractivity contribution in [2.75, 3.05) is 0 Å². The average Bonchev–Trinajstić information content (AvgIpc) is 2.86. The number of benzene rings is 1. The van der Waals surface area contributed by atoms with E-state index in [-0.39, 0.29) is 11.2 Å². The van der Waals surface area contributed by atoms with Crippen LogP contribution < -0.4 is 0 Å². The summed E-state index contributed by atoms with van der Waals surface area (Å²) in [5.41, 5.74) is 0.772. The minimum absolute atomic E-state index is 0.242. The SMILES string of the molecule is CC(F)C1(c2ccc(O)cc2)CC1. The minimum Gasteiger partial charge on any atom is -0.508 e. The number of halogens is 1. The Hall–Kier alpha value is -1.05. The Kier molecular flexibility index (Phi) is 1.79. The first kappa shape index (κ1) is 8.54. The smallest absolute Gasteiger partial charge is 0.115 e. The van der Waals surface area contributed by atoms with E-state index in [1.54, 1.807) is 19.1 Å². The normalized spacial score (nSPS) is 21.1. The number of rotatable bonds is 2. The maximum atomic E-state index is 13.3. The van der Waals surface area contributed by atoms with Crippen LogP contribution in [0, 0.1) is 0 Å². The van der Waals surface area contributed by atoms with Gasteiger partial charge in [0.05, 0.1) is 0 Å². The molecule has 0 saturated heterocycles. The van der Waals surface area contributed by atoms with Crippen molar-refractivity contribution in [2.45, 2.75) is 31.4 Å². The van der Waals surface area contributed by atoms with E-state index in [0.717, 1.165) is 18.4 Å². The summed E-state index contributed by atoms with van der Waals surface area (Å²) in [5, 5.41) is 9.09. The predicted molar refractivity (Wildman–Crippen MR) is 49.6 cm³/mol. The highest BCUT2D eigenvalue weighted by Gasteiger charge is 2.49. The molecule has 2 rings (SSSR count). The molecule has 0 spiro atoms. The summed E-state index contributed by atoms with van der Waals surface area (Å²) in [5.74, 6) is 0.242. The highest BCUT2D eigenvalue weighted by Crippen LogP contribution is 2.52. The summed E-state index contributed by atoms with van der Waals surface area (Å²) in [7, 11) is 0. The second-order valence-corrected chi connectivity index (χ2v) is 3.82. The second kappa shape index (κ2) is 2.72. The van der Waals surface area contributed by atoms with E-state index in [4.69, 9.17) is 5.11 Å². The largest absolute Gasteiger partial charge is 0.508 e. The van der Waals surface area contributed by atoms with E-state index in [2.05, 4.69) is 0 Å². The summed E-state index contributed by atoms with van der Waals surface area (Å²) in [4.78, 5) is 0. The summed E-state index contributed by atoms with van der Waals surface area (Å²) in [6.07, 6.45) is 1.06. The van der Waals surface area contributed by atoms with E-state index < -0.39 is 6.17 Å². The zero-order valence-electron chi connectivity index (χ0n) is 7.63. The number of phenols is 1. The number of hydrogen-bond donors (Lipinski definition) is 1. The minimum atomic E-state index is -0.794. The Morgan fingerprint density at radius 3 is 2.23 bits per heavy atom. The molecule has 0 aromatic heterocycles. The van der Waals surface area contributed by atoms with Crippen molar-refractivity contribution in [3.8, 4) is 5.75 Å². The van der Waals surface area contributed by atoms with Crippen molar-refractivity contribution in [1.82, 2.24) is 0 Å². The molecule has 1 N–H and O–H groups in total. The van der Waals surface area contributed by atoms with Crippen LogP contribution in [0.2, 0.25) is 0 Å². The molecule has 0 radical (unpaired) electrons. The summed E-state index contributed by atoms with van der Waals surface area (Å²) in [6, 6.07) is 6.88. The van der Waals surface area contributed by atoms with Crippen LogP contribution >= 0.6 is 0 Å². The van der Waals surface area contributed by atoms with Gasteiger partial charge in [-0.2, -0.15) is 0 Å². The molecule has 1 unspecified atom stereocenters. The highest BCUT2D eigenvalue weighted by molar-refractivity contribution is 5.36. The van der Waals surface area contributed by atoms with Crippen LogP contribution in [0.5, 0.6) is 5.75 Å². The van der Waals surface area contributed by atoms with Gasteiger partial charge in [-0.25, -0.2) is 4.39 Å². The van der Waals surface area contributed by atoms with Gasteiger partial charge in [0.1, 0.15) is 11.9 Å². The Morgan fingerprint density at radius 2 is 1.85 bits per heavy atom. The van der Waals surface area contributed by atoms with Gasteiger partial charge >= 0.3 is 0 Å². The molecule has 1 saturated carbocycles. The van der Waals surface area contributed by atoms with Crippen molar-refractivity contribution in [1.29, 1.82) is 0 Å². The van der Waals surface area contributed by atoms with E-state index in [1.807, 2.05) is 12.1 Å². The van der Waals surface area contributed by atoms with Gasteiger partial charge in [-0.3, -0.25) is 0 Å². The molecule has 1 aromatic carbocycles. The van der Waals surface area contributed by atoms with E-state index >= 15 is 0 Å². The van der Waals surface area contributed by atoms with Gasteiger partial charge in [-0.05, 0) is 37.5 Å². The number of alkyl halides is 1. The van der Waals surface area contributed by atoms with Crippen molar-refractivity contribution >= 4 is 0 Å². The maximum absolute atomic E-state index is 13.3. The third-order valence-electron chi connectivity index (χ3n) is 2.99. The lowest BCUT2D eigenvalue weighted by molar-refractivity contribution is 0.290. The first-order valence-electron chi connectivity index (χ1n) is 4.59. The van der Waals surface area contributed by atoms with Crippen molar-refractivity contribution < 1.29 is 9.50 Å². The van der Waals surface area contributed by atoms with Crippen LogP contribution in [-0.2, 0) is 5.41 Å². The number of phenolic OH excluding ortho intramolecular Hbond substituents is 1. The Labute approximate surface area is 77.2 Å². The van der Waals surface area contributed by atoms with Gasteiger partial charge in [0, 0.05) is 5.41 Å². The molecule has 1 atom stereocenters. The van der Waals surface area contributed by atoms with E-state index in [0.29, 0.717) is 0 Å². The Bertz CT molecular complexity index is 298. The van der Waals surface area contributed by atoms with E-state index in [9.17, 15) is 4.39 Å². The fourth-order valence-corrected chi connectivity index (χ4v) is 1.84. The molecule has 13 heavy (non-hydrogen) atoms. The fraction of sp³-hybridized carbons (Fsp3) is 0.455. The van der Waals surface area contributed by atoms with Crippen LogP contribution in [0.25, 0.3) is 0 Å². The highest BCUT2D eigenvalue weighted by atomic mass is 19.1. The molecule has 0 amide bonds. The molecule has 1 nitrogen and oxygen atoms in total. The summed E-state index contributed by atoms with van der Waals surface area (Å²) >= 11 is 0.